The summed E-state index contributed by atoms with van der Waals surface area (Å²) in [6.07, 6.45) is 1.20. The fraction of sp³-hybridized carbons (Fsp3) is 0.516. The van der Waals surface area contributed by atoms with Gasteiger partial charge in [-0.2, -0.15) is 0 Å². The minimum absolute atomic E-state index is 0.0209. The molecule has 41 heavy (non-hydrogen) atoms. The highest BCUT2D eigenvalue weighted by molar-refractivity contribution is 6.72. The number of amides is 3. The number of halogens is 1. The van der Waals surface area contributed by atoms with Gasteiger partial charge in [0.05, 0.1) is 37.4 Å². The average molecular weight is 580 g/mol. The van der Waals surface area contributed by atoms with Gasteiger partial charge in [0.25, 0.3) is 5.91 Å². The van der Waals surface area contributed by atoms with E-state index in [-0.39, 0.29) is 36.8 Å². The summed E-state index contributed by atoms with van der Waals surface area (Å²) in [4.78, 5) is 45.5. The third-order valence-electron chi connectivity index (χ3n) is 9.57. The smallest absolute Gasteiger partial charge is 0.264 e. The van der Waals surface area contributed by atoms with Crippen LogP contribution in [-0.4, -0.2) is 68.0 Å². The van der Waals surface area contributed by atoms with E-state index < -0.39 is 31.6 Å². The summed E-state index contributed by atoms with van der Waals surface area (Å²) in [6, 6.07) is 15.0. The van der Waals surface area contributed by atoms with E-state index >= 15 is 4.11 Å². The highest BCUT2D eigenvalue weighted by Gasteiger charge is 2.67. The minimum atomic E-state index is -3.45. The summed E-state index contributed by atoms with van der Waals surface area (Å²) >= 11 is 0. The predicted octanol–water partition coefficient (Wildman–Crippen LogP) is 4.12. The van der Waals surface area contributed by atoms with Crippen molar-refractivity contribution >= 4 is 37.5 Å². The maximum atomic E-state index is 16.2. The third kappa shape index (κ3) is 4.51. The number of benzene rings is 2. The molecule has 1 spiro atoms. The van der Waals surface area contributed by atoms with E-state index in [4.69, 9.17) is 4.74 Å². The Morgan fingerprint density at radius 1 is 1.15 bits per heavy atom. The maximum absolute atomic E-state index is 16.2. The molecule has 4 aliphatic heterocycles. The highest BCUT2D eigenvalue weighted by atomic mass is 28.4. The topological polar surface area (TPSA) is 90.4 Å². The number of nitrogens with zero attached hydrogens (tertiary/aromatic N) is 3. The van der Waals surface area contributed by atoms with Crippen molar-refractivity contribution in [2.24, 2.45) is 5.92 Å². The van der Waals surface area contributed by atoms with Crippen LogP contribution in [0.25, 0.3) is 0 Å². The average Bonchev–Trinajstić information content (AvgIpc) is 3.59. The van der Waals surface area contributed by atoms with E-state index in [1.807, 2.05) is 55.5 Å². The number of aliphatic hydroxyl groups is 1. The van der Waals surface area contributed by atoms with Crippen LogP contribution >= 0.6 is 0 Å². The second kappa shape index (κ2) is 10.3. The lowest BCUT2D eigenvalue weighted by Gasteiger charge is -2.33. The van der Waals surface area contributed by atoms with Crippen LogP contribution in [-0.2, 0) is 31.3 Å². The second-order valence-corrected chi connectivity index (χ2v) is 16.2. The van der Waals surface area contributed by atoms with Gasteiger partial charge in [-0.05, 0) is 49.7 Å². The molecule has 0 aromatic heterocycles. The molecule has 3 amide bonds. The quantitative estimate of drug-likeness (QED) is 0.303. The molecule has 0 bridgehead atoms. The Hall–Kier alpha value is -3.08. The zero-order valence-corrected chi connectivity index (χ0v) is 24.9. The molecule has 3 saturated heterocycles. The zero-order chi connectivity index (χ0) is 29.1. The van der Waals surface area contributed by atoms with Crippen molar-refractivity contribution < 1.29 is 28.3 Å². The molecule has 5 atom stereocenters. The van der Waals surface area contributed by atoms with Crippen molar-refractivity contribution in [3.63, 3.8) is 0 Å². The lowest BCUT2D eigenvalue weighted by atomic mass is 9.82. The van der Waals surface area contributed by atoms with Gasteiger partial charge in [0, 0.05) is 42.2 Å². The molecule has 6 rings (SSSR count). The molecular formula is C31H38FN3O5Si. The Kier molecular flexibility index (Phi) is 7.06. The van der Waals surface area contributed by atoms with Crippen molar-refractivity contribution in [3.05, 3.63) is 59.7 Å². The van der Waals surface area contributed by atoms with Crippen molar-refractivity contribution in [2.45, 2.75) is 75.5 Å². The van der Waals surface area contributed by atoms with Crippen LogP contribution in [0, 0.1) is 5.92 Å². The van der Waals surface area contributed by atoms with Gasteiger partial charge in [-0.3, -0.25) is 14.4 Å². The molecule has 0 unspecified atom stereocenters. The number of hydrogen-bond donors (Lipinski definition) is 1. The van der Waals surface area contributed by atoms with E-state index in [0.29, 0.717) is 43.0 Å². The lowest BCUT2D eigenvalue weighted by molar-refractivity contribution is -0.150. The zero-order valence-electron chi connectivity index (χ0n) is 23.9. The monoisotopic (exact) mass is 579 g/mol. The third-order valence-corrected chi connectivity index (χ3v) is 12.0. The molecule has 0 aliphatic carbocycles. The number of aliphatic hydroxyl groups excluding tert-OH is 1. The van der Waals surface area contributed by atoms with E-state index in [2.05, 4.69) is 0 Å². The Labute approximate surface area is 241 Å². The number of likely N-dealkylation sites (tertiary alicyclic amines) is 1. The summed E-state index contributed by atoms with van der Waals surface area (Å²) in [7, 11) is -3.45. The highest BCUT2D eigenvalue weighted by Crippen LogP contribution is 2.61. The number of ether oxygens (including phenoxy) is 1. The van der Waals surface area contributed by atoms with Gasteiger partial charge in [-0.25, -0.2) is 0 Å². The van der Waals surface area contributed by atoms with E-state index in [0.717, 1.165) is 18.4 Å². The van der Waals surface area contributed by atoms with Crippen LogP contribution in [0.1, 0.15) is 43.7 Å². The number of β-lactam (4-membered cyclic amide) rings is 1. The Morgan fingerprint density at radius 2 is 1.90 bits per heavy atom. The van der Waals surface area contributed by atoms with Crippen molar-refractivity contribution in [1.29, 1.82) is 0 Å². The maximum Gasteiger partial charge on any atom is 0.264 e. The largest absolute Gasteiger partial charge is 0.394 e. The van der Waals surface area contributed by atoms with E-state index in [1.165, 1.54) is 0 Å². The summed E-state index contributed by atoms with van der Waals surface area (Å²) in [5.74, 6) is -0.949. The first-order chi connectivity index (χ1) is 19.6. The molecule has 10 heteroatoms. The van der Waals surface area contributed by atoms with Gasteiger partial charge in [-0.15, -0.1) is 0 Å². The molecule has 8 nitrogen and oxygen atoms in total. The first-order valence-electron chi connectivity index (χ1n) is 14.6. The molecule has 2 aromatic carbocycles. The normalized spacial score (nSPS) is 29.4. The molecule has 2 aromatic rings. The first-order valence-corrected chi connectivity index (χ1v) is 17.6. The molecule has 3 fully saturated rings. The van der Waals surface area contributed by atoms with Gasteiger partial charge in [0.1, 0.15) is 0 Å². The lowest BCUT2D eigenvalue weighted by Crippen LogP contribution is -2.45. The molecule has 4 aliphatic rings. The molecule has 0 radical (unpaired) electrons. The van der Waals surface area contributed by atoms with Crippen molar-refractivity contribution in [1.82, 2.24) is 4.90 Å². The number of hydrogen-bond acceptors (Lipinski definition) is 5. The van der Waals surface area contributed by atoms with Crippen molar-refractivity contribution in [3.8, 4) is 0 Å². The predicted molar refractivity (Wildman–Crippen MR) is 156 cm³/mol. The summed E-state index contributed by atoms with van der Waals surface area (Å²) < 4.78 is 23.0. The van der Waals surface area contributed by atoms with Crippen LogP contribution in [0.3, 0.4) is 0 Å². The van der Waals surface area contributed by atoms with Gasteiger partial charge in [-0.1, -0.05) is 37.3 Å². The fourth-order valence-corrected chi connectivity index (χ4v) is 10.1. The summed E-state index contributed by atoms with van der Waals surface area (Å²) in [5.41, 5.74) is 0.886. The number of fused-ring (bicyclic) bond motifs is 2. The minimum Gasteiger partial charge on any atom is -0.394 e. The van der Waals surface area contributed by atoms with Crippen LogP contribution in [0.4, 0.5) is 15.5 Å². The SMILES string of the molecule is C[C@H]1[C@H]([Si](C)(C)F)[C@@H](CC(=O)N2CCC[C@H]2CO)O[C@]12C(=O)N(Cc1ccccc1)c1ccc(N3CCC3=O)cc12. The molecule has 0 saturated carbocycles. The summed E-state index contributed by atoms with van der Waals surface area (Å²) in [6.45, 7) is 6.50. The first kappa shape index (κ1) is 28.1. The standard InChI is InChI=1S/C31H38FN3O5Si/c1-20-29(41(2,3)32)26(17-28(38)33-14-7-10-23(33)19-36)40-31(20)24-16-22(34-15-13-27(34)37)11-12-25(24)35(30(31)39)18-21-8-5-4-6-9-21/h4-6,8-9,11-12,16,20,23,26,29,36H,7,10,13-15,17-19H2,1-3H3/t20-,23-,26+,29-,31+/m0/s1. The van der Waals surface area contributed by atoms with Crippen LogP contribution in [0.15, 0.2) is 48.5 Å². The number of carbonyl (C=O) groups excluding carboxylic acids is 3. The van der Waals surface area contributed by atoms with Gasteiger partial charge >= 0.3 is 0 Å². The van der Waals surface area contributed by atoms with Gasteiger partial charge in [0.2, 0.25) is 20.2 Å². The Bertz CT molecular complexity index is 1370. The molecule has 218 valence electrons. The van der Waals surface area contributed by atoms with E-state index in [1.54, 1.807) is 27.8 Å². The fourth-order valence-electron chi connectivity index (χ4n) is 7.56. The van der Waals surface area contributed by atoms with Crippen LogP contribution in [0.5, 0.6) is 0 Å². The second-order valence-electron chi connectivity index (χ2n) is 12.4. The number of rotatable bonds is 7. The Morgan fingerprint density at radius 3 is 2.54 bits per heavy atom. The molecular weight excluding hydrogens is 541 g/mol. The van der Waals surface area contributed by atoms with Crippen LogP contribution in [0.2, 0.25) is 18.6 Å². The molecule has 4 heterocycles. The Balaban J connectivity index is 1.42. The van der Waals surface area contributed by atoms with Crippen molar-refractivity contribution in [2.75, 3.05) is 29.5 Å². The summed E-state index contributed by atoms with van der Waals surface area (Å²) in [5, 5.41) is 9.79. The number of carbonyl (C=O) groups is 3. The van der Waals surface area contributed by atoms with Gasteiger partial charge < -0.3 is 28.7 Å². The molecule has 1 N–H and O–H groups in total. The number of anilines is 2. The van der Waals surface area contributed by atoms with Crippen LogP contribution < -0.4 is 9.80 Å². The van der Waals surface area contributed by atoms with E-state index in [9.17, 15) is 19.5 Å². The van der Waals surface area contributed by atoms with Gasteiger partial charge in [0.15, 0.2) is 5.60 Å².